The normalized spacial score (nSPS) is 15.3. The molecule has 5 nitrogen and oxygen atoms in total. The maximum absolute atomic E-state index is 12.0. The second-order valence-electron chi connectivity index (χ2n) is 6.23. The van der Waals surface area contributed by atoms with Crippen LogP contribution in [0.1, 0.15) is 12.0 Å². The molecule has 0 aliphatic carbocycles. The van der Waals surface area contributed by atoms with Crippen molar-refractivity contribution in [3.8, 4) is 0 Å². The van der Waals surface area contributed by atoms with Crippen LogP contribution >= 0.6 is 0 Å². The molecule has 1 aliphatic rings. The van der Waals surface area contributed by atoms with Gasteiger partial charge >= 0.3 is 0 Å². The summed E-state index contributed by atoms with van der Waals surface area (Å²) in [5, 5.41) is 2.87. The average Bonchev–Trinajstić information content (AvgIpc) is 2.62. The number of aryl methyl sites for hydroxylation is 1. The van der Waals surface area contributed by atoms with E-state index in [4.69, 9.17) is 0 Å². The number of hydrogen-bond acceptors (Lipinski definition) is 4. The van der Waals surface area contributed by atoms with Crippen molar-refractivity contribution in [2.24, 2.45) is 0 Å². The highest BCUT2D eigenvalue weighted by molar-refractivity contribution is 5.89. The second kappa shape index (κ2) is 7.93. The van der Waals surface area contributed by atoms with Crippen LogP contribution < -0.4 is 10.2 Å². The Morgan fingerprint density at radius 1 is 1.08 bits per heavy atom. The first-order valence-corrected chi connectivity index (χ1v) is 8.44. The standard InChI is InChI=1S/C19H24N4O/c1-22-11-13-23(14-12-22)17-8-9-18(20-15-17)21-19(24)10-7-16-5-3-2-4-6-16/h2-6,8-9,15H,7,10-14H2,1H3,(H,20,21,24). The Hall–Kier alpha value is -2.40. The lowest BCUT2D eigenvalue weighted by Gasteiger charge is -2.33. The van der Waals surface area contributed by atoms with Crippen LogP contribution in [-0.2, 0) is 11.2 Å². The fourth-order valence-corrected chi connectivity index (χ4v) is 2.82. The number of hydrogen-bond donors (Lipinski definition) is 1. The number of carbonyl (C=O) groups is 1. The number of piperazine rings is 1. The molecule has 5 heteroatoms. The molecule has 0 radical (unpaired) electrons. The molecule has 0 saturated carbocycles. The van der Waals surface area contributed by atoms with E-state index < -0.39 is 0 Å². The van der Waals surface area contributed by atoms with Gasteiger partial charge in [0.15, 0.2) is 0 Å². The summed E-state index contributed by atoms with van der Waals surface area (Å²) in [6.45, 7) is 4.16. The summed E-state index contributed by atoms with van der Waals surface area (Å²) >= 11 is 0. The summed E-state index contributed by atoms with van der Waals surface area (Å²) in [5.74, 6) is 0.615. The maximum Gasteiger partial charge on any atom is 0.225 e. The zero-order chi connectivity index (χ0) is 16.8. The molecule has 0 bridgehead atoms. The van der Waals surface area contributed by atoms with Crippen LogP contribution in [0.3, 0.4) is 0 Å². The number of aromatic nitrogens is 1. The summed E-state index contributed by atoms with van der Waals surface area (Å²) in [5.41, 5.74) is 2.29. The zero-order valence-corrected chi connectivity index (χ0v) is 14.1. The SMILES string of the molecule is CN1CCN(c2ccc(NC(=O)CCc3ccccc3)nc2)CC1. The van der Waals surface area contributed by atoms with Gasteiger partial charge in [-0.05, 0) is 31.2 Å². The quantitative estimate of drug-likeness (QED) is 0.917. The molecule has 2 heterocycles. The number of anilines is 2. The van der Waals surface area contributed by atoms with Crippen LogP contribution in [0.15, 0.2) is 48.7 Å². The summed E-state index contributed by atoms with van der Waals surface area (Å²) in [6, 6.07) is 14.0. The van der Waals surface area contributed by atoms with Crippen molar-refractivity contribution in [2.45, 2.75) is 12.8 Å². The fourth-order valence-electron chi connectivity index (χ4n) is 2.82. The summed E-state index contributed by atoms with van der Waals surface area (Å²) in [7, 11) is 2.14. The third kappa shape index (κ3) is 4.55. The Balaban J connectivity index is 1.49. The van der Waals surface area contributed by atoms with E-state index in [1.807, 2.05) is 48.7 Å². The molecule has 1 N–H and O–H groups in total. The molecule has 1 saturated heterocycles. The van der Waals surface area contributed by atoms with Gasteiger partial charge in [0.25, 0.3) is 0 Å². The van der Waals surface area contributed by atoms with Crippen molar-refractivity contribution in [3.05, 3.63) is 54.2 Å². The van der Waals surface area contributed by atoms with Crippen LogP contribution in [-0.4, -0.2) is 49.0 Å². The fraction of sp³-hybridized carbons (Fsp3) is 0.368. The number of nitrogens with zero attached hydrogens (tertiary/aromatic N) is 3. The van der Waals surface area contributed by atoms with Gasteiger partial charge in [-0.1, -0.05) is 30.3 Å². The Labute approximate surface area is 143 Å². The van der Waals surface area contributed by atoms with Gasteiger partial charge in [0, 0.05) is 32.6 Å². The van der Waals surface area contributed by atoms with Crippen LogP contribution in [0.25, 0.3) is 0 Å². The number of carbonyl (C=O) groups excluding carboxylic acids is 1. The number of rotatable bonds is 5. The molecule has 3 rings (SSSR count). The molecular weight excluding hydrogens is 300 g/mol. The number of amides is 1. The van der Waals surface area contributed by atoms with Crippen molar-refractivity contribution in [1.29, 1.82) is 0 Å². The Bertz CT molecular complexity index is 649. The molecule has 1 aromatic carbocycles. The Kier molecular flexibility index (Phi) is 5.43. The molecule has 2 aromatic rings. The predicted molar refractivity (Wildman–Crippen MR) is 97.3 cm³/mol. The molecule has 0 unspecified atom stereocenters. The van der Waals surface area contributed by atoms with E-state index in [1.54, 1.807) is 0 Å². The molecule has 1 aromatic heterocycles. The summed E-state index contributed by atoms with van der Waals surface area (Å²) in [6.07, 6.45) is 3.05. The van der Waals surface area contributed by atoms with Gasteiger partial charge in [-0.15, -0.1) is 0 Å². The van der Waals surface area contributed by atoms with Crippen molar-refractivity contribution in [2.75, 3.05) is 43.4 Å². The predicted octanol–water partition coefficient (Wildman–Crippen LogP) is 2.40. The number of likely N-dealkylation sites (N-methyl/N-ethyl adjacent to an activating group) is 1. The third-order valence-corrected chi connectivity index (χ3v) is 4.37. The monoisotopic (exact) mass is 324 g/mol. The second-order valence-corrected chi connectivity index (χ2v) is 6.23. The van der Waals surface area contributed by atoms with Crippen molar-refractivity contribution in [3.63, 3.8) is 0 Å². The average molecular weight is 324 g/mol. The minimum atomic E-state index is -0.00120. The van der Waals surface area contributed by atoms with E-state index in [2.05, 4.69) is 27.1 Å². The van der Waals surface area contributed by atoms with Crippen molar-refractivity contribution in [1.82, 2.24) is 9.88 Å². The topological polar surface area (TPSA) is 48.5 Å². The number of benzene rings is 1. The van der Waals surface area contributed by atoms with Crippen molar-refractivity contribution < 1.29 is 4.79 Å². The van der Waals surface area contributed by atoms with Gasteiger partial charge in [-0.25, -0.2) is 4.98 Å². The first kappa shape index (κ1) is 16.5. The molecule has 0 atom stereocenters. The molecule has 24 heavy (non-hydrogen) atoms. The van der Waals surface area contributed by atoms with Gasteiger partial charge in [0.05, 0.1) is 11.9 Å². The smallest absolute Gasteiger partial charge is 0.225 e. The molecule has 1 amide bonds. The minimum Gasteiger partial charge on any atom is -0.368 e. The lowest BCUT2D eigenvalue weighted by atomic mass is 10.1. The van der Waals surface area contributed by atoms with Gasteiger partial charge in [0.2, 0.25) is 5.91 Å². The Morgan fingerprint density at radius 2 is 1.83 bits per heavy atom. The largest absolute Gasteiger partial charge is 0.368 e. The van der Waals surface area contributed by atoms with Crippen LogP contribution in [0, 0.1) is 0 Å². The van der Waals surface area contributed by atoms with E-state index in [-0.39, 0.29) is 5.91 Å². The lowest BCUT2D eigenvalue weighted by Crippen LogP contribution is -2.44. The van der Waals surface area contributed by atoms with Crippen molar-refractivity contribution >= 4 is 17.4 Å². The minimum absolute atomic E-state index is 0.00120. The lowest BCUT2D eigenvalue weighted by molar-refractivity contribution is -0.116. The summed E-state index contributed by atoms with van der Waals surface area (Å²) < 4.78 is 0. The first-order chi connectivity index (χ1) is 11.7. The van der Waals surface area contributed by atoms with Gasteiger partial charge < -0.3 is 15.1 Å². The molecule has 1 fully saturated rings. The number of nitrogens with one attached hydrogen (secondary N) is 1. The van der Waals surface area contributed by atoms with Gasteiger partial charge in [-0.3, -0.25) is 4.79 Å². The highest BCUT2D eigenvalue weighted by atomic mass is 16.1. The first-order valence-electron chi connectivity index (χ1n) is 8.44. The van der Waals surface area contributed by atoms with E-state index in [0.717, 1.165) is 38.3 Å². The van der Waals surface area contributed by atoms with Crippen LogP contribution in [0.5, 0.6) is 0 Å². The van der Waals surface area contributed by atoms with Crippen LogP contribution in [0.4, 0.5) is 11.5 Å². The van der Waals surface area contributed by atoms with Crippen LogP contribution in [0.2, 0.25) is 0 Å². The Morgan fingerprint density at radius 3 is 2.50 bits per heavy atom. The molecule has 1 aliphatic heterocycles. The van der Waals surface area contributed by atoms with E-state index in [9.17, 15) is 4.79 Å². The summed E-state index contributed by atoms with van der Waals surface area (Å²) in [4.78, 5) is 21.1. The van der Waals surface area contributed by atoms with E-state index >= 15 is 0 Å². The maximum atomic E-state index is 12.0. The van der Waals surface area contributed by atoms with E-state index in [1.165, 1.54) is 5.56 Å². The van der Waals surface area contributed by atoms with Gasteiger partial charge in [0.1, 0.15) is 5.82 Å². The third-order valence-electron chi connectivity index (χ3n) is 4.37. The molecule has 126 valence electrons. The van der Waals surface area contributed by atoms with Gasteiger partial charge in [-0.2, -0.15) is 0 Å². The zero-order valence-electron chi connectivity index (χ0n) is 14.1. The highest BCUT2D eigenvalue weighted by Gasteiger charge is 2.14. The van der Waals surface area contributed by atoms with E-state index in [0.29, 0.717) is 12.2 Å². The highest BCUT2D eigenvalue weighted by Crippen LogP contribution is 2.17. The molecule has 0 spiro atoms. The molecular formula is C19H24N4O. The number of pyridine rings is 1.